The van der Waals surface area contributed by atoms with E-state index in [1.807, 2.05) is 13.8 Å². The molecule has 1 aromatic carbocycles. The van der Waals surface area contributed by atoms with Crippen molar-refractivity contribution in [3.05, 3.63) is 24.3 Å². The van der Waals surface area contributed by atoms with Gasteiger partial charge in [0.1, 0.15) is 5.75 Å². The third-order valence-corrected chi connectivity index (χ3v) is 2.70. The second-order valence-corrected chi connectivity index (χ2v) is 3.91. The van der Waals surface area contributed by atoms with E-state index in [1.54, 1.807) is 0 Å². The molecule has 1 N–H and O–H groups in total. The van der Waals surface area contributed by atoms with Gasteiger partial charge in [-0.2, -0.15) is 8.78 Å². The molecule has 0 aliphatic carbocycles. The summed E-state index contributed by atoms with van der Waals surface area (Å²) in [5.74, 6) is -0.00458. The summed E-state index contributed by atoms with van der Waals surface area (Å²) < 4.78 is 28.1. The van der Waals surface area contributed by atoms with Gasteiger partial charge in [0, 0.05) is 11.6 Å². The number of hydrogen-bond acceptors (Lipinski definition) is 2. The minimum Gasteiger partial charge on any atom is -0.435 e. The number of amides is 1. The molecule has 0 unspecified atom stereocenters. The van der Waals surface area contributed by atoms with E-state index in [0.717, 1.165) is 12.8 Å². The Morgan fingerprint density at radius 1 is 1.22 bits per heavy atom. The molecule has 18 heavy (non-hydrogen) atoms. The summed E-state index contributed by atoms with van der Waals surface area (Å²) in [7, 11) is 0. The molecule has 0 aliphatic heterocycles. The number of carbonyl (C=O) groups is 1. The lowest BCUT2D eigenvalue weighted by atomic mass is 10.0. The Bertz CT molecular complexity index is 375. The Morgan fingerprint density at radius 3 is 2.22 bits per heavy atom. The van der Waals surface area contributed by atoms with Gasteiger partial charge < -0.3 is 10.1 Å². The lowest BCUT2D eigenvalue weighted by Gasteiger charge is -2.13. The Morgan fingerprint density at radius 2 is 1.78 bits per heavy atom. The zero-order chi connectivity index (χ0) is 13.5. The smallest absolute Gasteiger partial charge is 0.387 e. The molecule has 0 atom stereocenters. The van der Waals surface area contributed by atoms with Crippen LogP contribution < -0.4 is 10.1 Å². The average Bonchev–Trinajstić information content (AvgIpc) is 2.32. The molecule has 1 aromatic rings. The van der Waals surface area contributed by atoms with Crippen LogP contribution >= 0.6 is 0 Å². The van der Waals surface area contributed by atoms with E-state index in [1.165, 1.54) is 24.3 Å². The fourth-order valence-electron chi connectivity index (χ4n) is 1.62. The summed E-state index contributed by atoms with van der Waals surface area (Å²) in [5.41, 5.74) is 0.577. The number of ether oxygens (including phenoxy) is 1. The number of benzene rings is 1. The van der Waals surface area contributed by atoms with Crippen LogP contribution in [0.25, 0.3) is 0 Å². The van der Waals surface area contributed by atoms with Crippen LogP contribution in [0.1, 0.15) is 26.7 Å². The first-order valence-corrected chi connectivity index (χ1v) is 5.92. The highest BCUT2D eigenvalue weighted by atomic mass is 19.3. The maximum absolute atomic E-state index is 11.9. The molecule has 0 heterocycles. The van der Waals surface area contributed by atoms with Gasteiger partial charge in [-0.1, -0.05) is 13.8 Å². The predicted molar refractivity (Wildman–Crippen MR) is 65.8 cm³/mol. The van der Waals surface area contributed by atoms with E-state index in [-0.39, 0.29) is 17.6 Å². The van der Waals surface area contributed by atoms with Crippen molar-refractivity contribution in [2.45, 2.75) is 33.3 Å². The third-order valence-electron chi connectivity index (χ3n) is 2.70. The van der Waals surface area contributed by atoms with Gasteiger partial charge >= 0.3 is 6.61 Å². The minimum absolute atomic E-state index is 0.0259. The standard InChI is InChI=1S/C13H17F2NO2/c1-3-9(4-2)12(17)16-10-5-7-11(8-6-10)18-13(14)15/h5-9,13H,3-4H2,1-2H3,(H,16,17). The SMILES string of the molecule is CCC(CC)C(=O)Nc1ccc(OC(F)F)cc1. The Balaban J connectivity index is 2.60. The zero-order valence-electron chi connectivity index (χ0n) is 10.5. The molecule has 0 aromatic heterocycles. The van der Waals surface area contributed by atoms with Crippen molar-refractivity contribution in [2.24, 2.45) is 5.92 Å². The highest BCUT2D eigenvalue weighted by molar-refractivity contribution is 5.92. The lowest BCUT2D eigenvalue weighted by Crippen LogP contribution is -2.21. The fourth-order valence-corrected chi connectivity index (χ4v) is 1.62. The first-order chi connectivity index (χ1) is 8.56. The molecular weight excluding hydrogens is 240 g/mol. The molecular formula is C13H17F2NO2. The van der Waals surface area contributed by atoms with Gasteiger partial charge in [0.25, 0.3) is 0 Å². The van der Waals surface area contributed by atoms with E-state index in [2.05, 4.69) is 10.1 Å². The highest BCUT2D eigenvalue weighted by Crippen LogP contribution is 2.19. The van der Waals surface area contributed by atoms with Crippen LogP contribution in [0.5, 0.6) is 5.75 Å². The van der Waals surface area contributed by atoms with Crippen molar-refractivity contribution in [1.82, 2.24) is 0 Å². The molecule has 3 nitrogen and oxygen atoms in total. The summed E-state index contributed by atoms with van der Waals surface area (Å²) in [5, 5.41) is 2.74. The second-order valence-electron chi connectivity index (χ2n) is 3.91. The van der Waals surface area contributed by atoms with Gasteiger partial charge in [-0.3, -0.25) is 4.79 Å². The molecule has 1 amide bonds. The molecule has 0 bridgehead atoms. The largest absolute Gasteiger partial charge is 0.435 e. The van der Waals surface area contributed by atoms with Gasteiger partial charge in [0.15, 0.2) is 0 Å². The fraction of sp³-hybridized carbons (Fsp3) is 0.462. The number of nitrogens with one attached hydrogen (secondary N) is 1. The Kier molecular flexibility index (Phi) is 5.55. The molecule has 1 rings (SSSR count). The molecule has 0 spiro atoms. The van der Waals surface area contributed by atoms with Crippen molar-refractivity contribution in [2.75, 3.05) is 5.32 Å². The Hall–Kier alpha value is -1.65. The van der Waals surface area contributed by atoms with Gasteiger partial charge in [-0.15, -0.1) is 0 Å². The molecule has 5 heteroatoms. The molecule has 100 valence electrons. The van der Waals surface area contributed by atoms with E-state index < -0.39 is 6.61 Å². The molecule has 0 aliphatic rings. The summed E-state index contributed by atoms with van der Waals surface area (Å²) >= 11 is 0. The number of hydrogen-bond donors (Lipinski definition) is 1. The topological polar surface area (TPSA) is 38.3 Å². The number of carbonyl (C=O) groups excluding carboxylic acids is 1. The zero-order valence-corrected chi connectivity index (χ0v) is 10.5. The van der Waals surface area contributed by atoms with Crippen LogP contribution in [0.3, 0.4) is 0 Å². The van der Waals surface area contributed by atoms with Crippen LogP contribution in [0.4, 0.5) is 14.5 Å². The second kappa shape index (κ2) is 6.93. The van der Waals surface area contributed by atoms with Crippen LogP contribution in [0.15, 0.2) is 24.3 Å². The number of alkyl halides is 2. The Labute approximate surface area is 105 Å². The number of halogens is 2. The quantitative estimate of drug-likeness (QED) is 0.844. The lowest BCUT2D eigenvalue weighted by molar-refractivity contribution is -0.120. The van der Waals surface area contributed by atoms with E-state index in [0.29, 0.717) is 5.69 Å². The van der Waals surface area contributed by atoms with Gasteiger partial charge in [0.05, 0.1) is 0 Å². The summed E-state index contributed by atoms with van der Waals surface area (Å²) in [6.45, 7) is 1.07. The summed E-state index contributed by atoms with van der Waals surface area (Å²) in [4.78, 5) is 11.8. The molecule has 0 saturated heterocycles. The average molecular weight is 257 g/mol. The van der Waals surface area contributed by atoms with Crippen molar-refractivity contribution in [3.63, 3.8) is 0 Å². The minimum atomic E-state index is -2.84. The first-order valence-electron chi connectivity index (χ1n) is 5.92. The van der Waals surface area contributed by atoms with Crippen LogP contribution in [0, 0.1) is 5.92 Å². The van der Waals surface area contributed by atoms with E-state index >= 15 is 0 Å². The molecule has 0 radical (unpaired) electrons. The van der Waals surface area contributed by atoms with E-state index in [4.69, 9.17) is 0 Å². The molecule has 0 saturated carbocycles. The number of anilines is 1. The van der Waals surface area contributed by atoms with Crippen molar-refractivity contribution >= 4 is 11.6 Å². The van der Waals surface area contributed by atoms with Crippen molar-refractivity contribution < 1.29 is 18.3 Å². The monoisotopic (exact) mass is 257 g/mol. The number of rotatable bonds is 6. The summed E-state index contributed by atoms with van der Waals surface area (Å²) in [6.07, 6.45) is 1.55. The van der Waals surface area contributed by atoms with Crippen molar-refractivity contribution in [3.8, 4) is 5.75 Å². The van der Waals surface area contributed by atoms with Crippen LogP contribution in [0.2, 0.25) is 0 Å². The maximum atomic E-state index is 11.9. The van der Waals surface area contributed by atoms with Crippen LogP contribution in [-0.2, 0) is 4.79 Å². The maximum Gasteiger partial charge on any atom is 0.387 e. The van der Waals surface area contributed by atoms with Gasteiger partial charge in [-0.05, 0) is 37.1 Å². The van der Waals surface area contributed by atoms with Gasteiger partial charge in [-0.25, -0.2) is 0 Å². The highest BCUT2D eigenvalue weighted by Gasteiger charge is 2.14. The summed E-state index contributed by atoms with van der Waals surface area (Å²) in [6, 6.07) is 5.87. The predicted octanol–water partition coefficient (Wildman–Crippen LogP) is 3.66. The van der Waals surface area contributed by atoms with E-state index in [9.17, 15) is 13.6 Å². The van der Waals surface area contributed by atoms with Crippen LogP contribution in [-0.4, -0.2) is 12.5 Å². The van der Waals surface area contributed by atoms with Gasteiger partial charge in [0.2, 0.25) is 5.91 Å². The first kappa shape index (κ1) is 14.4. The normalized spacial score (nSPS) is 10.8. The van der Waals surface area contributed by atoms with Crippen molar-refractivity contribution in [1.29, 1.82) is 0 Å². The third kappa shape index (κ3) is 4.31. The molecule has 0 fully saturated rings.